The minimum absolute atomic E-state index is 0.0648. The van der Waals surface area contributed by atoms with E-state index in [9.17, 15) is 18.5 Å². The first-order valence-corrected chi connectivity index (χ1v) is 8.99. The van der Waals surface area contributed by atoms with Crippen LogP contribution in [-0.4, -0.2) is 40.2 Å². The molecule has 24 heavy (non-hydrogen) atoms. The standard InChI is InChI=1S/C15H20N4O4S/c1-12-15(19(20)21)13(2)18(16-12)9-10-24(22,23)17(3)11-14-7-5-4-6-8-14/h4-8H,9-11H2,1-3H3. The topological polar surface area (TPSA) is 98.3 Å². The quantitative estimate of drug-likeness (QED) is 0.559. The summed E-state index contributed by atoms with van der Waals surface area (Å²) in [5.74, 6) is -0.171. The molecule has 0 radical (unpaired) electrons. The first-order valence-electron chi connectivity index (χ1n) is 7.38. The number of sulfonamides is 1. The lowest BCUT2D eigenvalue weighted by Gasteiger charge is -2.17. The van der Waals surface area contributed by atoms with Gasteiger partial charge in [0.25, 0.3) is 0 Å². The predicted octanol–water partition coefficient (Wildman–Crippen LogP) is 1.87. The van der Waals surface area contributed by atoms with Crippen molar-refractivity contribution in [3.63, 3.8) is 0 Å². The second kappa shape index (κ2) is 7.10. The molecule has 0 fully saturated rings. The van der Waals surface area contributed by atoms with Crippen LogP contribution >= 0.6 is 0 Å². The van der Waals surface area contributed by atoms with Crippen molar-refractivity contribution in [3.8, 4) is 0 Å². The number of aromatic nitrogens is 2. The zero-order valence-electron chi connectivity index (χ0n) is 13.8. The number of aryl methyl sites for hydroxylation is 2. The van der Waals surface area contributed by atoms with Crippen LogP contribution in [0, 0.1) is 24.0 Å². The van der Waals surface area contributed by atoms with Crippen LogP contribution in [0.3, 0.4) is 0 Å². The maximum atomic E-state index is 12.4. The molecule has 0 N–H and O–H groups in total. The van der Waals surface area contributed by atoms with Crippen LogP contribution in [-0.2, 0) is 23.1 Å². The molecule has 0 unspecified atom stereocenters. The van der Waals surface area contributed by atoms with Gasteiger partial charge >= 0.3 is 5.69 Å². The van der Waals surface area contributed by atoms with Gasteiger partial charge in [0.05, 0.1) is 17.2 Å². The van der Waals surface area contributed by atoms with Crippen LogP contribution in [0.5, 0.6) is 0 Å². The Morgan fingerprint density at radius 2 is 1.88 bits per heavy atom. The lowest BCUT2D eigenvalue weighted by molar-refractivity contribution is -0.386. The Kier molecular flexibility index (Phi) is 5.35. The lowest BCUT2D eigenvalue weighted by atomic mass is 10.2. The highest BCUT2D eigenvalue weighted by atomic mass is 32.2. The molecule has 0 saturated heterocycles. The normalized spacial score (nSPS) is 11.8. The van der Waals surface area contributed by atoms with Crippen molar-refractivity contribution in [2.45, 2.75) is 26.9 Å². The summed E-state index contributed by atoms with van der Waals surface area (Å²) in [6.07, 6.45) is 0. The fourth-order valence-electron chi connectivity index (χ4n) is 2.47. The van der Waals surface area contributed by atoms with Gasteiger partial charge in [-0.15, -0.1) is 0 Å². The molecule has 0 atom stereocenters. The average Bonchev–Trinajstić information content (AvgIpc) is 2.80. The molecule has 2 rings (SSSR count). The molecule has 0 amide bonds. The molecule has 1 aromatic carbocycles. The summed E-state index contributed by atoms with van der Waals surface area (Å²) in [5.41, 5.74) is 1.47. The molecular weight excluding hydrogens is 332 g/mol. The predicted molar refractivity (Wildman–Crippen MR) is 90.1 cm³/mol. The lowest BCUT2D eigenvalue weighted by Crippen LogP contribution is -2.30. The number of benzene rings is 1. The van der Waals surface area contributed by atoms with Gasteiger partial charge in [0.1, 0.15) is 11.4 Å². The number of hydrogen-bond acceptors (Lipinski definition) is 5. The van der Waals surface area contributed by atoms with Crippen LogP contribution in [0.15, 0.2) is 30.3 Å². The zero-order chi connectivity index (χ0) is 17.9. The van der Waals surface area contributed by atoms with Crippen molar-refractivity contribution in [1.82, 2.24) is 14.1 Å². The van der Waals surface area contributed by atoms with Gasteiger partial charge in [-0.1, -0.05) is 30.3 Å². The van der Waals surface area contributed by atoms with Gasteiger partial charge in [-0.3, -0.25) is 14.8 Å². The number of hydrogen-bond donors (Lipinski definition) is 0. The first-order chi connectivity index (χ1) is 11.2. The Labute approximate surface area is 140 Å². The van der Waals surface area contributed by atoms with Crippen LogP contribution < -0.4 is 0 Å². The number of nitro groups is 1. The monoisotopic (exact) mass is 352 g/mol. The van der Waals surface area contributed by atoms with E-state index in [0.717, 1.165) is 5.56 Å². The molecule has 2 aromatic rings. The molecule has 0 aliphatic carbocycles. The fraction of sp³-hybridized carbons (Fsp3) is 0.400. The van der Waals surface area contributed by atoms with Crippen molar-refractivity contribution in [2.75, 3.05) is 12.8 Å². The van der Waals surface area contributed by atoms with Crippen LogP contribution in [0.4, 0.5) is 5.69 Å². The third-order valence-electron chi connectivity index (χ3n) is 3.81. The molecule has 130 valence electrons. The molecule has 0 aliphatic heterocycles. The highest BCUT2D eigenvalue weighted by molar-refractivity contribution is 7.89. The van der Waals surface area contributed by atoms with Gasteiger partial charge in [0.15, 0.2) is 0 Å². The smallest absolute Gasteiger partial charge is 0.261 e. The van der Waals surface area contributed by atoms with E-state index in [0.29, 0.717) is 5.69 Å². The van der Waals surface area contributed by atoms with E-state index in [-0.39, 0.29) is 30.2 Å². The Hall–Kier alpha value is -2.26. The van der Waals surface area contributed by atoms with Gasteiger partial charge in [0, 0.05) is 13.6 Å². The largest absolute Gasteiger partial charge is 0.312 e. The molecular formula is C15H20N4O4S. The van der Waals surface area contributed by atoms with E-state index >= 15 is 0 Å². The van der Waals surface area contributed by atoms with Gasteiger partial charge in [-0.25, -0.2) is 12.7 Å². The van der Waals surface area contributed by atoms with E-state index in [1.807, 2.05) is 30.3 Å². The van der Waals surface area contributed by atoms with Crippen LogP contribution in [0.2, 0.25) is 0 Å². The number of rotatable bonds is 7. The van der Waals surface area contributed by atoms with E-state index in [4.69, 9.17) is 0 Å². The maximum Gasteiger partial charge on any atom is 0.312 e. The minimum atomic E-state index is -3.49. The number of nitrogens with zero attached hydrogens (tertiary/aromatic N) is 4. The Balaban J connectivity index is 2.08. The maximum absolute atomic E-state index is 12.4. The summed E-state index contributed by atoms with van der Waals surface area (Å²) in [4.78, 5) is 10.5. The molecule has 1 aromatic heterocycles. The average molecular weight is 352 g/mol. The second-order valence-corrected chi connectivity index (χ2v) is 7.75. The van der Waals surface area contributed by atoms with Crippen molar-refractivity contribution in [2.24, 2.45) is 0 Å². The molecule has 0 bridgehead atoms. The zero-order valence-corrected chi connectivity index (χ0v) is 14.7. The molecule has 0 saturated carbocycles. The highest BCUT2D eigenvalue weighted by Crippen LogP contribution is 2.21. The van der Waals surface area contributed by atoms with E-state index in [2.05, 4.69) is 5.10 Å². The Bertz CT molecular complexity index is 831. The van der Waals surface area contributed by atoms with E-state index in [1.54, 1.807) is 6.92 Å². The Morgan fingerprint density at radius 1 is 1.25 bits per heavy atom. The van der Waals surface area contributed by atoms with Gasteiger partial charge in [0.2, 0.25) is 10.0 Å². The molecule has 0 spiro atoms. The third kappa shape index (κ3) is 3.98. The first kappa shape index (κ1) is 18.1. The Morgan fingerprint density at radius 3 is 2.42 bits per heavy atom. The summed E-state index contributed by atoms with van der Waals surface area (Å²) >= 11 is 0. The van der Waals surface area contributed by atoms with Gasteiger partial charge in [-0.05, 0) is 19.4 Å². The molecule has 0 aliphatic rings. The van der Waals surface area contributed by atoms with E-state index in [1.165, 1.54) is 23.0 Å². The molecule has 8 nitrogen and oxygen atoms in total. The SMILES string of the molecule is Cc1nn(CCS(=O)(=O)N(C)Cc2ccccc2)c(C)c1[N+](=O)[O-]. The van der Waals surface area contributed by atoms with Crippen LogP contribution in [0.1, 0.15) is 17.0 Å². The second-order valence-electron chi connectivity index (χ2n) is 5.56. The van der Waals surface area contributed by atoms with Crippen molar-refractivity contribution in [3.05, 3.63) is 57.4 Å². The summed E-state index contributed by atoms with van der Waals surface area (Å²) in [7, 11) is -1.97. The van der Waals surface area contributed by atoms with Crippen molar-refractivity contribution >= 4 is 15.7 Å². The third-order valence-corrected chi connectivity index (χ3v) is 5.59. The summed E-state index contributed by atoms with van der Waals surface area (Å²) in [6, 6.07) is 9.29. The van der Waals surface area contributed by atoms with E-state index < -0.39 is 14.9 Å². The molecule has 1 heterocycles. The summed E-state index contributed by atoms with van der Waals surface area (Å²) in [5, 5.41) is 15.1. The van der Waals surface area contributed by atoms with Crippen molar-refractivity contribution < 1.29 is 13.3 Å². The van der Waals surface area contributed by atoms with Crippen LogP contribution in [0.25, 0.3) is 0 Å². The van der Waals surface area contributed by atoms with Gasteiger partial charge in [-0.2, -0.15) is 5.10 Å². The summed E-state index contributed by atoms with van der Waals surface area (Å²) in [6.45, 7) is 3.46. The summed E-state index contributed by atoms with van der Waals surface area (Å²) < 4.78 is 27.4. The molecule has 9 heteroatoms. The highest BCUT2D eigenvalue weighted by Gasteiger charge is 2.24. The van der Waals surface area contributed by atoms with Gasteiger partial charge < -0.3 is 0 Å². The van der Waals surface area contributed by atoms with Crippen molar-refractivity contribution in [1.29, 1.82) is 0 Å². The minimum Gasteiger partial charge on any atom is -0.261 e. The fourth-order valence-corrected chi connectivity index (χ4v) is 3.53.